The van der Waals surface area contributed by atoms with Crippen molar-refractivity contribution in [1.29, 1.82) is 0 Å². The first-order valence-corrected chi connectivity index (χ1v) is 8.05. The van der Waals surface area contributed by atoms with Crippen LogP contribution in [0.15, 0.2) is 17.5 Å². The summed E-state index contributed by atoms with van der Waals surface area (Å²) in [4.78, 5) is 13.6. The molecule has 3 saturated heterocycles. The van der Waals surface area contributed by atoms with E-state index >= 15 is 0 Å². The zero-order valence-corrected chi connectivity index (χ0v) is 11.9. The van der Waals surface area contributed by atoms with E-state index in [1.165, 1.54) is 43.4 Å². The normalized spacial score (nSPS) is 34.7. The van der Waals surface area contributed by atoms with Crippen LogP contribution >= 0.6 is 11.3 Å². The highest BCUT2D eigenvalue weighted by molar-refractivity contribution is 7.12. The fourth-order valence-electron chi connectivity index (χ4n) is 3.97. The molecule has 0 N–H and O–H groups in total. The van der Waals surface area contributed by atoms with E-state index in [1.807, 2.05) is 17.5 Å². The quantitative estimate of drug-likeness (QED) is 0.603. The molecular weight excluding hydrogens is 242 g/mol. The van der Waals surface area contributed by atoms with Gasteiger partial charge in [-0.1, -0.05) is 13.0 Å². The van der Waals surface area contributed by atoms with Crippen molar-refractivity contribution in [3.05, 3.63) is 22.4 Å². The number of Topliss-reactive ketones (excluding diaryl/α,β-unsaturated/α-hetero) is 1. The molecule has 0 amide bonds. The van der Waals surface area contributed by atoms with Gasteiger partial charge >= 0.3 is 0 Å². The first-order chi connectivity index (χ1) is 8.74. The van der Waals surface area contributed by atoms with Gasteiger partial charge in [0.05, 0.1) is 37.0 Å². The molecule has 0 aliphatic carbocycles. The van der Waals surface area contributed by atoms with Crippen LogP contribution in [0.2, 0.25) is 0 Å². The number of hydrogen-bond acceptors (Lipinski definition) is 2. The van der Waals surface area contributed by atoms with Crippen LogP contribution in [-0.4, -0.2) is 36.4 Å². The van der Waals surface area contributed by atoms with E-state index in [1.54, 1.807) is 11.3 Å². The van der Waals surface area contributed by atoms with Crippen molar-refractivity contribution >= 4 is 17.1 Å². The molecule has 4 heterocycles. The molecule has 3 aliphatic heterocycles. The molecule has 1 aromatic rings. The Morgan fingerprint density at radius 3 is 2.83 bits per heavy atom. The van der Waals surface area contributed by atoms with Crippen LogP contribution in [-0.2, 0) is 0 Å². The van der Waals surface area contributed by atoms with Crippen LogP contribution in [0.5, 0.6) is 0 Å². The van der Waals surface area contributed by atoms with Crippen LogP contribution in [0.3, 0.4) is 0 Å². The van der Waals surface area contributed by atoms with Crippen LogP contribution < -0.4 is 0 Å². The predicted molar refractivity (Wildman–Crippen MR) is 74.9 cm³/mol. The van der Waals surface area contributed by atoms with Gasteiger partial charge in [0.15, 0.2) is 5.78 Å². The number of piperidine rings is 3. The van der Waals surface area contributed by atoms with Gasteiger partial charge in [0.1, 0.15) is 0 Å². The molecule has 2 bridgehead atoms. The zero-order valence-electron chi connectivity index (χ0n) is 11.1. The summed E-state index contributed by atoms with van der Waals surface area (Å²) >= 11 is 1.61. The van der Waals surface area contributed by atoms with E-state index in [2.05, 4.69) is 6.92 Å². The second-order valence-electron chi connectivity index (χ2n) is 5.98. The summed E-state index contributed by atoms with van der Waals surface area (Å²) in [7, 11) is 0. The molecule has 1 aromatic heterocycles. The maximum Gasteiger partial charge on any atom is 0.181 e. The number of thiophene rings is 1. The number of carbonyl (C=O) groups is 1. The van der Waals surface area contributed by atoms with Crippen molar-refractivity contribution in [2.24, 2.45) is 11.8 Å². The zero-order chi connectivity index (χ0) is 12.6. The summed E-state index contributed by atoms with van der Waals surface area (Å²) < 4.78 is 1.22. The Morgan fingerprint density at radius 1 is 1.44 bits per heavy atom. The molecular formula is C15H22NOS+. The Bertz CT molecular complexity index is 412. The third-order valence-electron chi connectivity index (χ3n) is 4.90. The molecule has 98 valence electrons. The van der Waals surface area contributed by atoms with Crippen LogP contribution in [0.1, 0.15) is 35.9 Å². The van der Waals surface area contributed by atoms with Crippen LogP contribution in [0.4, 0.5) is 0 Å². The van der Waals surface area contributed by atoms with E-state index < -0.39 is 0 Å². The Hall–Kier alpha value is -0.670. The predicted octanol–water partition coefficient (Wildman–Crippen LogP) is 3.20. The standard InChI is InChI=1S/C15H22NOS/c1-2-7-16-8-5-12(6-9-16)13(11-16)15(17)14-4-3-10-18-14/h3-4,10,12-13H,2,5-9,11H2,1H3/q+1/t12?,13-,16?/m0/s1. The number of carbonyl (C=O) groups excluding carboxylic acids is 1. The minimum Gasteiger partial charge on any atom is -0.323 e. The summed E-state index contributed by atoms with van der Waals surface area (Å²) in [5.41, 5.74) is 0. The smallest absolute Gasteiger partial charge is 0.181 e. The van der Waals surface area contributed by atoms with Crippen LogP contribution in [0, 0.1) is 11.8 Å². The van der Waals surface area contributed by atoms with E-state index in [-0.39, 0.29) is 0 Å². The van der Waals surface area contributed by atoms with Gasteiger partial charge in [-0.2, -0.15) is 0 Å². The lowest BCUT2D eigenvalue weighted by Crippen LogP contribution is -2.63. The van der Waals surface area contributed by atoms with Gasteiger partial charge < -0.3 is 4.48 Å². The van der Waals surface area contributed by atoms with Crippen molar-refractivity contribution in [2.45, 2.75) is 26.2 Å². The summed E-state index contributed by atoms with van der Waals surface area (Å²) in [5.74, 6) is 1.39. The molecule has 3 fully saturated rings. The van der Waals surface area contributed by atoms with E-state index in [9.17, 15) is 4.79 Å². The highest BCUT2D eigenvalue weighted by Crippen LogP contribution is 2.39. The summed E-state index contributed by atoms with van der Waals surface area (Å²) in [6.45, 7) is 7.26. The second kappa shape index (κ2) is 4.78. The Balaban J connectivity index is 1.80. The Kier molecular flexibility index (Phi) is 3.29. The molecule has 3 heteroatoms. The molecule has 0 unspecified atom stereocenters. The van der Waals surface area contributed by atoms with Gasteiger partial charge in [0.25, 0.3) is 0 Å². The largest absolute Gasteiger partial charge is 0.323 e. The maximum atomic E-state index is 12.6. The van der Waals surface area contributed by atoms with Crippen molar-refractivity contribution in [3.8, 4) is 0 Å². The topological polar surface area (TPSA) is 17.1 Å². The molecule has 4 rings (SSSR count). The van der Waals surface area contributed by atoms with E-state index in [0.717, 1.165) is 11.4 Å². The lowest BCUT2D eigenvalue weighted by atomic mass is 9.74. The van der Waals surface area contributed by atoms with Gasteiger partial charge in [-0.15, -0.1) is 11.3 Å². The van der Waals surface area contributed by atoms with Crippen molar-refractivity contribution < 1.29 is 9.28 Å². The first kappa shape index (κ1) is 12.4. The SMILES string of the molecule is CCC[N+]12CCC(CC1)[C@@H](C(=O)c1cccs1)C2. The van der Waals surface area contributed by atoms with E-state index in [0.29, 0.717) is 17.6 Å². The summed E-state index contributed by atoms with van der Waals surface area (Å²) in [6, 6.07) is 3.99. The molecule has 2 nitrogen and oxygen atoms in total. The van der Waals surface area contributed by atoms with Crippen molar-refractivity contribution in [1.82, 2.24) is 0 Å². The molecule has 0 radical (unpaired) electrons. The number of ketones is 1. The van der Waals surface area contributed by atoms with Crippen LogP contribution in [0.25, 0.3) is 0 Å². The third kappa shape index (κ3) is 2.04. The minimum atomic E-state index is 0.303. The lowest BCUT2D eigenvalue weighted by molar-refractivity contribution is -0.945. The Labute approximate surface area is 113 Å². The number of hydrogen-bond donors (Lipinski definition) is 0. The molecule has 18 heavy (non-hydrogen) atoms. The minimum absolute atomic E-state index is 0.303. The fourth-order valence-corrected chi connectivity index (χ4v) is 4.70. The monoisotopic (exact) mass is 264 g/mol. The lowest BCUT2D eigenvalue weighted by Gasteiger charge is -2.52. The fraction of sp³-hybridized carbons (Fsp3) is 0.667. The van der Waals surface area contributed by atoms with Gasteiger partial charge in [0.2, 0.25) is 0 Å². The van der Waals surface area contributed by atoms with E-state index in [4.69, 9.17) is 0 Å². The van der Waals surface area contributed by atoms with Gasteiger partial charge in [0, 0.05) is 12.8 Å². The summed E-state index contributed by atoms with van der Waals surface area (Å²) in [6.07, 6.45) is 3.77. The molecule has 0 aromatic carbocycles. The highest BCUT2D eigenvalue weighted by Gasteiger charge is 2.48. The molecule has 1 atom stereocenters. The average Bonchev–Trinajstić information content (AvgIpc) is 2.93. The third-order valence-corrected chi connectivity index (χ3v) is 5.78. The van der Waals surface area contributed by atoms with Gasteiger partial charge in [-0.3, -0.25) is 4.79 Å². The molecule has 0 spiro atoms. The van der Waals surface area contributed by atoms with Crippen molar-refractivity contribution in [2.75, 3.05) is 26.2 Å². The number of quaternary nitrogens is 1. The Morgan fingerprint density at radius 2 is 2.22 bits per heavy atom. The van der Waals surface area contributed by atoms with Gasteiger partial charge in [-0.05, 0) is 23.8 Å². The number of nitrogens with zero attached hydrogens (tertiary/aromatic N) is 1. The average molecular weight is 264 g/mol. The number of fused-ring (bicyclic) bond motifs is 3. The van der Waals surface area contributed by atoms with Crippen molar-refractivity contribution in [3.63, 3.8) is 0 Å². The molecule has 0 saturated carbocycles. The first-order valence-electron chi connectivity index (χ1n) is 7.17. The maximum absolute atomic E-state index is 12.6. The van der Waals surface area contributed by atoms with Gasteiger partial charge in [-0.25, -0.2) is 0 Å². The number of rotatable bonds is 4. The summed E-state index contributed by atoms with van der Waals surface area (Å²) in [5, 5.41) is 2.02. The molecule has 3 aliphatic rings. The highest BCUT2D eigenvalue weighted by atomic mass is 32.1. The second-order valence-corrected chi connectivity index (χ2v) is 6.93.